The van der Waals surface area contributed by atoms with Crippen LogP contribution in [-0.2, 0) is 10.8 Å². The summed E-state index contributed by atoms with van der Waals surface area (Å²) in [5, 5.41) is 2.74. The molecule has 0 saturated heterocycles. The van der Waals surface area contributed by atoms with Crippen LogP contribution in [0, 0.1) is 35.5 Å². The van der Waals surface area contributed by atoms with E-state index in [4.69, 9.17) is 0 Å². The van der Waals surface area contributed by atoms with Crippen molar-refractivity contribution in [2.75, 3.05) is 4.90 Å². The van der Waals surface area contributed by atoms with Gasteiger partial charge in [0, 0.05) is 48.1 Å². The lowest BCUT2D eigenvalue weighted by molar-refractivity contribution is -0.0399. The molecule has 2 heteroatoms. The molecule has 6 saturated carbocycles. The monoisotopic (exact) mass is 727 g/mol. The van der Waals surface area contributed by atoms with Crippen molar-refractivity contribution < 1.29 is 0 Å². The Morgan fingerprint density at radius 3 is 1.76 bits per heavy atom. The topological polar surface area (TPSA) is 3.24 Å². The predicted molar refractivity (Wildman–Crippen MR) is 229 cm³/mol. The molecule has 2 spiro atoms. The smallest absolute Gasteiger partial charge is 0.0468 e. The Hall–Kier alpha value is -4.66. The number of thiophene rings is 1. The van der Waals surface area contributed by atoms with E-state index < -0.39 is 0 Å². The zero-order valence-corrected chi connectivity index (χ0v) is 32.1. The molecule has 0 amide bonds. The minimum atomic E-state index is 0.140. The summed E-state index contributed by atoms with van der Waals surface area (Å²) >= 11 is 1.92. The summed E-state index contributed by atoms with van der Waals surface area (Å²) in [5.74, 6) is 4.97. The highest BCUT2D eigenvalue weighted by molar-refractivity contribution is 7.25. The number of anilines is 3. The Morgan fingerprint density at radius 1 is 0.436 bits per heavy atom. The molecule has 8 aliphatic carbocycles. The molecule has 6 fully saturated rings. The molecule has 1 heterocycles. The lowest BCUT2D eigenvalue weighted by atomic mass is 9.43. The molecule has 268 valence electrons. The van der Waals surface area contributed by atoms with Crippen molar-refractivity contribution in [1.82, 2.24) is 0 Å². The second-order valence-electron chi connectivity index (χ2n) is 18.9. The molecule has 55 heavy (non-hydrogen) atoms. The third kappa shape index (κ3) is 3.77. The second-order valence-corrected chi connectivity index (χ2v) is 20.0. The summed E-state index contributed by atoms with van der Waals surface area (Å²) in [5.41, 5.74) is 16.6. The van der Waals surface area contributed by atoms with Crippen molar-refractivity contribution in [3.63, 3.8) is 0 Å². The van der Waals surface area contributed by atoms with Gasteiger partial charge in [-0.2, -0.15) is 0 Å². The Kier molecular flexibility index (Phi) is 5.88. The summed E-state index contributed by atoms with van der Waals surface area (Å²) in [4.78, 5) is 2.66. The highest BCUT2D eigenvalue weighted by atomic mass is 32.1. The van der Waals surface area contributed by atoms with Crippen LogP contribution in [0.15, 0.2) is 127 Å². The summed E-state index contributed by atoms with van der Waals surface area (Å²) in [6.45, 7) is 0. The fraction of sp³-hybridized carbons (Fsp3) is 0.321. The molecule has 6 aromatic carbocycles. The van der Waals surface area contributed by atoms with Crippen molar-refractivity contribution in [3.05, 3.63) is 150 Å². The Morgan fingerprint density at radius 2 is 1.02 bits per heavy atom. The molecule has 3 unspecified atom stereocenters. The minimum absolute atomic E-state index is 0.140. The number of hydrogen-bond acceptors (Lipinski definition) is 2. The molecule has 8 aliphatic rings. The van der Waals surface area contributed by atoms with Gasteiger partial charge in [-0.1, -0.05) is 85.3 Å². The van der Waals surface area contributed by atoms with Gasteiger partial charge in [0.2, 0.25) is 0 Å². The van der Waals surface area contributed by atoms with E-state index in [-0.39, 0.29) is 10.8 Å². The van der Waals surface area contributed by atoms with Crippen LogP contribution in [0.3, 0.4) is 0 Å². The Bertz CT molecular complexity index is 2760. The number of hydrogen-bond donors (Lipinski definition) is 0. The van der Waals surface area contributed by atoms with Crippen LogP contribution in [-0.4, -0.2) is 0 Å². The fourth-order valence-corrected chi connectivity index (χ4v) is 16.2. The molecule has 0 N–H and O–H groups in total. The van der Waals surface area contributed by atoms with Crippen molar-refractivity contribution in [3.8, 4) is 22.3 Å². The average molecular weight is 728 g/mol. The zero-order chi connectivity index (χ0) is 35.6. The molecule has 7 aromatic rings. The van der Waals surface area contributed by atoms with Crippen LogP contribution in [0.2, 0.25) is 0 Å². The van der Waals surface area contributed by atoms with E-state index in [1.807, 2.05) is 11.3 Å². The maximum Gasteiger partial charge on any atom is 0.0468 e. The standard InChI is InChI=1S/C53H45NS/c1-4-10-46-40(7-1)42-18-15-38(28-48(42)52(46)30-31-13-14-34(52)22-31)54(37-17-20-51-45(27-37)44-9-3-6-12-50(44)55-51)39-16-19-43-41-8-2-5-11-47(41)53(49(43)29-39)35-23-32-21-33(25-35)26-36(53)24-32/h1-12,15-20,27-29,31-36H,13-14,21-26,30H2. The average Bonchev–Trinajstić information content (AvgIpc) is 4.04. The Labute approximate surface area is 328 Å². The lowest BCUT2D eigenvalue weighted by Crippen LogP contribution is -2.55. The molecule has 6 bridgehead atoms. The summed E-state index contributed by atoms with van der Waals surface area (Å²) in [6.07, 6.45) is 12.6. The molecule has 1 nitrogen and oxygen atoms in total. The summed E-state index contributed by atoms with van der Waals surface area (Å²) in [7, 11) is 0. The number of nitrogens with zero attached hydrogens (tertiary/aromatic N) is 1. The van der Waals surface area contributed by atoms with Crippen molar-refractivity contribution in [2.24, 2.45) is 35.5 Å². The molecule has 1 aromatic heterocycles. The van der Waals surface area contributed by atoms with Crippen LogP contribution in [0.4, 0.5) is 17.1 Å². The van der Waals surface area contributed by atoms with E-state index >= 15 is 0 Å². The molecule has 0 aliphatic heterocycles. The van der Waals surface area contributed by atoms with Gasteiger partial charge < -0.3 is 4.90 Å². The van der Waals surface area contributed by atoms with Gasteiger partial charge in [-0.3, -0.25) is 0 Å². The van der Waals surface area contributed by atoms with Gasteiger partial charge in [-0.15, -0.1) is 11.3 Å². The van der Waals surface area contributed by atoms with Crippen LogP contribution < -0.4 is 4.90 Å². The third-order valence-electron chi connectivity index (χ3n) is 16.7. The minimum Gasteiger partial charge on any atom is -0.310 e. The van der Waals surface area contributed by atoms with Gasteiger partial charge >= 0.3 is 0 Å². The molecular weight excluding hydrogens is 683 g/mol. The fourth-order valence-electron chi connectivity index (χ4n) is 15.1. The molecule has 0 radical (unpaired) electrons. The van der Waals surface area contributed by atoms with E-state index in [2.05, 4.69) is 132 Å². The first kappa shape index (κ1) is 30.5. The van der Waals surface area contributed by atoms with E-state index in [9.17, 15) is 0 Å². The van der Waals surface area contributed by atoms with Crippen molar-refractivity contribution in [1.29, 1.82) is 0 Å². The van der Waals surface area contributed by atoms with Crippen LogP contribution in [0.1, 0.15) is 80.0 Å². The maximum absolute atomic E-state index is 2.70. The lowest BCUT2D eigenvalue weighted by Gasteiger charge is -2.61. The summed E-state index contributed by atoms with van der Waals surface area (Å²) in [6, 6.07) is 50.6. The van der Waals surface area contributed by atoms with E-state index in [0.29, 0.717) is 0 Å². The van der Waals surface area contributed by atoms with Gasteiger partial charge in [0.1, 0.15) is 0 Å². The van der Waals surface area contributed by atoms with Crippen molar-refractivity contribution >= 4 is 48.6 Å². The highest BCUT2D eigenvalue weighted by Gasteiger charge is 2.62. The third-order valence-corrected chi connectivity index (χ3v) is 17.9. The number of fused-ring (bicyclic) bond motifs is 14. The quantitative estimate of drug-likeness (QED) is 0.175. The van der Waals surface area contributed by atoms with Gasteiger partial charge in [0.25, 0.3) is 0 Å². The molecular formula is C53H45NS. The highest BCUT2D eigenvalue weighted by Crippen LogP contribution is 2.70. The van der Waals surface area contributed by atoms with Crippen molar-refractivity contribution in [2.45, 2.75) is 68.6 Å². The van der Waals surface area contributed by atoms with Gasteiger partial charge in [-0.05, 0) is 180 Å². The largest absolute Gasteiger partial charge is 0.310 e. The maximum atomic E-state index is 2.70. The van der Waals surface area contributed by atoms with E-state index in [0.717, 1.165) is 35.5 Å². The molecule has 15 rings (SSSR count). The van der Waals surface area contributed by atoms with Crippen LogP contribution in [0.5, 0.6) is 0 Å². The SMILES string of the molecule is c1ccc2c(c1)-c1ccc(N(c3ccc4c(c3)C3(c5ccccc5-4)C4CC5CC(C4)CC3C5)c3ccc4sc5ccccc5c4c3)cc1C21CC2CCC1C2. The number of benzene rings is 6. The van der Waals surface area contributed by atoms with E-state index in [1.54, 1.807) is 22.3 Å². The first-order valence-electron chi connectivity index (χ1n) is 21.4. The number of rotatable bonds is 3. The van der Waals surface area contributed by atoms with Gasteiger partial charge in [-0.25, -0.2) is 0 Å². The molecule has 3 atom stereocenters. The van der Waals surface area contributed by atoms with Crippen LogP contribution in [0.25, 0.3) is 42.4 Å². The van der Waals surface area contributed by atoms with E-state index in [1.165, 1.54) is 117 Å². The second kappa shape index (κ2) is 10.6. The van der Waals surface area contributed by atoms with Gasteiger partial charge in [0.05, 0.1) is 0 Å². The zero-order valence-electron chi connectivity index (χ0n) is 31.3. The van der Waals surface area contributed by atoms with Crippen LogP contribution >= 0.6 is 11.3 Å². The first-order valence-corrected chi connectivity index (χ1v) is 22.2. The summed E-state index contributed by atoms with van der Waals surface area (Å²) < 4.78 is 2.74. The van der Waals surface area contributed by atoms with Gasteiger partial charge in [0.15, 0.2) is 0 Å². The predicted octanol–water partition coefficient (Wildman–Crippen LogP) is 14.3. The first-order chi connectivity index (χ1) is 27.2. The Balaban J connectivity index is 1.01. The normalized spacial score (nSPS) is 31.1.